The third-order valence-corrected chi connectivity index (χ3v) is 5.76. The van der Waals surface area contributed by atoms with E-state index in [0.717, 1.165) is 6.42 Å². The maximum atomic E-state index is 12.8. The van der Waals surface area contributed by atoms with Crippen LogP contribution in [0.2, 0.25) is 0 Å². The normalized spacial score (nSPS) is 17.9. The number of hydrogen-bond donors (Lipinski definition) is 1. The summed E-state index contributed by atoms with van der Waals surface area (Å²) in [6, 6.07) is 17.1. The molecule has 1 saturated carbocycles. The van der Waals surface area contributed by atoms with E-state index in [0.29, 0.717) is 5.13 Å². The molecule has 3 nitrogen and oxygen atoms in total. The minimum absolute atomic E-state index is 0.0519. The molecule has 1 fully saturated rings. The number of hydrogen-bond acceptors (Lipinski definition) is 3. The van der Waals surface area contributed by atoms with Crippen LogP contribution in [0.25, 0.3) is 0 Å². The standard InChI is InChI=1S/C21H20N2OS/c1-14-3-7-16(8-4-14)21(17-9-5-15(2)6-10-17)13-18(21)19(24)23-20-22-11-12-25-20/h3-12,18H,13H2,1-2H3,(H,22,23,24)/t18-/m1/s1. The molecule has 0 unspecified atom stereocenters. The van der Waals surface area contributed by atoms with Crippen LogP contribution in [0.3, 0.4) is 0 Å². The second-order valence-electron chi connectivity index (χ2n) is 6.79. The van der Waals surface area contributed by atoms with E-state index in [-0.39, 0.29) is 17.2 Å². The average molecular weight is 348 g/mol. The van der Waals surface area contributed by atoms with E-state index in [9.17, 15) is 4.79 Å². The lowest BCUT2D eigenvalue weighted by atomic mass is 9.85. The van der Waals surface area contributed by atoms with E-state index in [1.54, 1.807) is 6.20 Å². The van der Waals surface area contributed by atoms with Gasteiger partial charge in [0.15, 0.2) is 5.13 Å². The zero-order valence-electron chi connectivity index (χ0n) is 14.3. The Morgan fingerprint density at radius 2 is 1.60 bits per heavy atom. The predicted octanol–water partition coefficient (Wildman–Crippen LogP) is 4.70. The molecule has 4 rings (SSSR count). The molecule has 1 aliphatic carbocycles. The van der Waals surface area contributed by atoms with Crippen LogP contribution < -0.4 is 5.32 Å². The van der Waals surface area contributed by atoms with Crippen molar-refractivity contribution in [2.75, 3.05) is 5.32 Å². The highest BCUT2D eigenvalue weighted by molar-refractivity contribution is 7.13. The molecule has 0 radical (unpaired) electrons. The molecule has 2 aromatic carbocycles. The molecule has 0 saturated heterocycles. The third-order valence-electron chi connectivity index (χ3n) is 5.07. The van der Waals surface area contributed by atoms with Crippen molar-refractivity contribution in [3.63, 3.8) is 0 Å². The number of carbonyl (C=O) groups is 1. The number of aryl methyl sites for hydroxylation is 2. The second-order valence-corrected chi connectivity index (χ2v) is 7.68. The van der Waals surface area contributed by atoms with Crippen LogP contribution in [0.15, 0.2) is 60.1 Å². The van der Waals surface area contributed by atoms with E-state index >= 15 is 0 Å². The van der Waals surface area contributed by atoms with Crippen molar-refractivity contribution in [3.8, 4) is 0 Å². The highest BCUT2D eigenvalue weighted by Crippen LogP contribution is 2.59. The Kier molecular flexibility index (Phi) is 3.92. The predicted molar refractivity (Wildman–Crippen MR) is 102 cm³/mol. The van der Waals surface area contributed by atoms with Crippen LogP contribution in [-0.2, 0) is 10.2 Å². The minimum atomic E-state index is -0.233. The lowest BCUT2D eigenvalue weighted by molar-refractivity contribution is -0.117. The van der Waals surface area contributed by atoms with Gasteiger partial charge in [-0.3, -0.25) is 4.79 Å². The summed E-state index contributed by atoms with van der Waals surface area (Å²) in [6.45, 7) is 4.17. The first-order chi connectivity index (χ1) is 12.1. The average Bonchev–Trinajstić information content (AvgIpc) is 3.17. The number of aromatic nitrogens is 1. The van der Waals surface area contributed by atoms with Crippen molar-refractivity contribution in [3.05, 3.63) is 82.4 Å². The van der Waals surface area contributed by atoms with Gasteiger partial charge in [-0.25, -0.2) is 4.98 Å². The Balaban J connectivity index is 1.70. The number of amides is 1. The maximum Gasteiger partial charge on any atom is 0.230 e. The fourth-order valence-electron chi connectivity index (χ4n) is 3.56. The smallest absolute Gasteiger partial charge is 0.230 e. The molecule has 1 N–H and O–H groups in total. The Labute approximate surface area is 151 Å². The van der Waals surface area contributed by atoms with Crippen LogP contribution in [0, 0.1) is 19.8 Å². The number of anilines is 1. The van der Waals surface area contributed by atoms with Crippen molar-refractivity contribution < 1.29 is 4.79 Å². The Hall–Kier alpha value is -2.46. The zero-order chi connectivity index (χ0) is 17.4. The van der Waals surface area contributed by atoms with Crippen molar-refractivity contribution in [1.29, 1.82) is 0 Å². The first-order valence-electron chi connectivity index (χ1n) is 8.44. The van der Waals surface area contributed by atoms with Gasteiger partial charge in [0, 0.05) is 17.0 Å². The minimum Gasteiger partial charge on any atom is -0.302 e. The topological polar surface area (TPSA) is 42.0 Å². The second kappa shape index (κ2) is 6.12. The number of nitrogens with zero attached hydrogens (tertiary/aromatic N) is 1. The van der Waals surface area contributed by atoms with Crippen LogP contribution in [0.5, 0.6) is 0 Å². The zero-order valence-corrected chi connectivity index (χ0v) is 15.1. The summed E-state index contributed by atoms with van der Waals surface area (Å²) in [5.74, 6) is -0.0158. The van der Waals surface area contributed by atoms with Crippen LogP contribution in [0.1, 0.15) is 28.7 Å². The van der Waals surface area contributed by atoms with Gasteiger partial charge in [0.05, 0.1) is 5.92 Å². The number of thiazole rings is 1. The fourth-order valence-corrected chi connectivity index (χ4v) is 4.10. The summed E-state index contributed by atoms with van der Waals surface area (Å²) in [4.78, 5) is 17.0. The number of benzene rings is 2. The van der Waals surface area contributed by atoms with E-state index in [4.69, 9.17) is 0 Å². The lowest BCUT2D eigenvalue weighted by Crippen LogP contribution is -2.22. The molecule has 25 heavy (non-hydrogen) atoms. The first-order valence-corrected chi connectivity index (χ1v) is 9.32. The van der Waals surface area contributed by atoms with Crippen molar-refractivity contribution >= 4 is 22.4 Å². The van der Waals surface area contributed by atoms with Crippen molar-refractivity contribution in [2.24, 2.45) is 5.92 Å². The van der Waals surface area contributed by atoms with E-state index in [1.807, 2.05) is 5.38 Å². The Morgan fingerprint density at radius 3 is 2.08 bits per heavy atom. The van der Waals surface area contributed by atoms with E-state index in [1.165, 1.54) is 33.6 Å². The molecular formula is C21H20N2OS. The van der Waals surface area contributed by atoms with Gasteiger partial charge in [0.1, 0.15) is 0 Å². The molecular weight excluding hydrogens is 328 g/mol. The monoisotopic (exact) mass is 348 g/mol. The SMILES string of the molecule is Cc1ccc(C2(c3ccc(C)cc3)C[C@@H]2C(=O)Nc2nccs2)cc1. The highest BCUT2D eigenvalue weighted by Gasteiger charge is 2.60. The van der Waals surface area contributed by atoms with Crippen LogP contribution in [-0.4, -0.2) is 10.9 Å². The quantitative estimate of drug-likeness (QED) is 0.742. The largest absolute Gasteiger partial charge is 0.302 e. The van der Waals surface area contributed by atoms with Gasteiger partial charge in [-0.05, 0) is 31.4 Å². The summed E-state index contributed by atoms with van der Waals surface area (Å²) in [7, 11) is 0. The van der Waals surface area contributed by atoms with Crippen molar-refractivity contribution in [1.82, 2.24) is 4.98 Å². The maximum absolute atomic E-state index is 12.8. The fraction of sp³-hybridized carbons (Fsp3) is 0.238. The highest BCUT2D eigenvalue weighted by atomic mass is 32.1. The molecule has 1 aliphatic rings. The van der Waals surface area contributed by atoms with E-state index < -0.39 is 0 Å². The number of carbonyl (C=O) groups excluding carboxylic acids is 1. The first kappa shape index (κ1) is 16.0. The number of rotatable bonds is 4. The Bertz CT molecular complexity index is 837. The van der Waals surface area contributed by atoms with Crippen LogP contribution in [0.4, 0.5) is 5.13 Å². The molecule has 3 aromatic rings. The molecule has 1 heterocycles. The molecule has 126 valence electrons. The van der Waals surface area contributed by atoms with Gasteiger partial charge in [-0.15, -0.1) is 11.3 Å². The molecule has 0 bridgehead atoms. The van der Waals surface area contributed by atoms with Gasteiger partial charge in [0.2, 0.25) is 5.91 Å². The van der Waals surface area contributed by atoms with Gasteiger partial charge >= 0.3 is 0 Å². The van der Waals surface area contributed by atoms with Crippen LogP contribution >= 0.6 is 11.3 Å². The summed E-state index contributed by atoms with van der Waals surface area (Å²) in [5, 5.41) is 5.51. The third kappa shape index (κ3) is 2.87. The summed E-state index contributed by atoms with van der Waals surface area (Å²) < 4.78 is 0. The van der Waals surface area contributed by atoms with Gasteiger partial charge in [-0.2, -0.15) is 0 Å². The molecule has 1 amide bonds. The van der Waals surface area contributed by atoms with Gasteiger partial charge in [0.25, 0.3) is 0 Å². The summed E-state index contributed by atoms with van der Waals surface area (Å²) >= 11 is 1.45. The van der Waals surface area contributed by atoms with E-state index in [2.05, 4.69) is 72.7 Å². The summed E-state index contributed by atoms with van der Waals surface area (Å²) in [5.41, 5.74) is 4.64. The summed E-state index contributed by atoms with van der Waals surface area (Å²) in [6.07, 6.45) is 2.54. The Morgan fingerprint density at radius 1 is 1.04 bits per heavy atom. The number of nitrogens with one attached hydrogen (secondary N) is 1. The molecule has 4 heteroatoms. The molecule has 1 aromatic heterocycles. The lowest BCUT2D eigenvalue weighted by Gasteiger charge is -2.19. The van der Waals surface area contributed by atoms with Gasteiger partial charge in [-0.1, -0.05) is 59.7 Å². The molecule has 1 atom stereocenters. The van der Waals surface area contributed by atoms with Gasteiger partial charge < -0.3 is 5.32 Å². The molecule has 0 spiro atoms. The molecule has 0 aliphatic heterocycles. The van der Waals surface area contributed by atoms with Crippen molar-refractivity contribution in [2.45, 2.75) is 25.7 Å².